The molecule has 5 rings (SSSR count). The van der Waals surface area contributed by atoms with E-state index in [1.165, 1.54) is 13.2 Å². The number of likely N-dealkylation sites (N-methyl/N-ethyl adjacent to an activating group) is 1. The number of anilines is 4. The number of nitrogens with one attached hydrogen (secondary N) is 2. The highest BCUT2D eigenvalue weighted by atomic mass is 16.5. The van der Waals surface area contributed by atoms with Gasteiger partial charge in [0.05, 0.1) is 12.6 Å². The lowest BCUT2D eigenvalue weighted by atomic mass is 10.0. The largest absolute Gasteiger partial charge is 0.468 e. The Bertz CT molecular complexity index is 1520. The second kappa shape index (κ2) is 11.3. The van der Waals surface area contributed by atoms with Crippen LogP contribution in [0, 0.1) is 0 Å². The molecule has 1 unspecified atom stereocenters. The zero-order valence-corrected chi connectivity index (χ0v) is 21.9. The average Bonchev–Trinajstić information content (AvgIpc) is 2.97. The highest BCUT2D eigenvalue weighted by Crippen LogP contribution is 2.30. The normalized spacial score (nSPS) is 15.5. The topological polar surface area (TPSA) is 99.7 Å². The molecule has 2 N–H and O–H groups in total. The van der Waals surface area contributed by atoms with Gasteiger partial charge >= 0.3 is 5.97 Å². The number of nitrogens with zero attached hydrogens (tertiary/aromatic N) is 4. The minimum atomic E-state index is -0.291. The zero-order valence-electron chi connectivity index (χ0n) is 21.9. The molecule has 1 aliphatic heterocycles. The summed E-state index contributed by atoms with van der Waals surface area (Å²) in [5, 5.41) is 7.01. The van der Waals surface area contributed by atoms with Crippen molar-refractivity contribution < 1.29 is 14.3 Å². The molecule has 2 heterocycles. The van der Waals surface area contributed by atoms with Crippen LogP contribution >= 0.6 is 0 Å². The van der Waals surface area contributed by atoms with E-state index < -0.39 is 0 Å². The lowest BCUT2D eigenvalue weighted by molar-refractivity contribution is -0.146. The van der Waals surface area contributed by atoms with E-state index >= 15 is 0 Å². The first-order valence-electron chi connectivity index (χ1n) is 12.6. The number of carbonyl (C=O) groups is 2. The van der Waals surface area contributed by atoms with Gasteiger partial charge in [0.1, 0.15) is 6.04 Å². The molecule has 0 aliphatic carbocycles. The predicted octanol–water partition coefficient (Wildman–Crippen LogP) is 4.46. The molecule has 1 saturated heterocycles. The predicted molar refractivity (Wildman–Crippen MR) is 154 cm³/mol. The number of carbonyl (C=O) groups excluding carboxylic acids is 2. The Hall–Kier alpha value is -4.76. The number of hydrogen-bond donors (Lipinski definition) is 2. The Morgan fingerprint density at radius 1 is 1.05 bits per heavy atom. The van der Waals surface area contributed by atoms with Crippen LogP contribution in [0.3, 0.4) is 0 Å². The maximum absolute atomic E-state index is 12.2. The molecule has 39 heavy (non-hydrogen) atoms. The minimum absolute atomic E-state index is 0.221. The van der Waals surface area contributed by atoms with Gasteiger partial charge in [-0.1, -0.05) is 36.9 Å². The van der Waals surface area contributed by atoms with Gasteiger partial charge in [0.25, 0.3) is 0 Å². The summed E-state index contributed by atoms with van der Waals surface area (Å²) in [7, 11) is 3.37. The first-order chi connectivity index (χ1) is 18.9. The summed E-state index contributed by atoms with van der Waals surface area (Å²) in [6.45, 7) is 5.68. The van der Waals surface area contributed by atoms with Gasteiger partial charge in [0.15, 0.2) is 0 Å². The van der Waals surface area contributed by atoms with E-state index in [9.17, 15) is 9.59 Å². The van der Waals surface area contributed by atoms with Crippen molar-refractivity contribution in [2.24, 2.45) is 0 Å². The van der Waals surface area contributed by atoms with Crippen LogP contribution in [0.2, 0.25) is 0 Å². The lowest BCUT2D eigenvalue weighted by Crippen LogP contribution is -2.55. The van der Waals surface area contributed by atoms with Crippen molar-refractivity contribution in [3.8, 4) is 11.1 Å². The Morgan fingerprint density at radius 3 is 2.62 bits per heavy atom. The fourth-order valence-corrected chi connectivity index (χ4v) is 4.69. The first-order valence-corrected chi connectivity index (χ1v) is 12.6. The zero-order chi connectivity index (χ0) is 27.4. The van der Waals surface area contributed by atoms with E-state index in [0.29, 0.717) is 18.2 Å². The molecule has 1 atom stereocenters. The van der Waals surface area contributed by atoms with Crippen LogP contribution in [0.25, 0.3) is 22.0 Å². The Labute approximate surface area is 227 Å². The third kappa shape index (κ3) is 5.73. The maximum atomic E-state index is 12.2. The molecule has 1 fully saturated rings. The summed E-state index contributed by atoms with van der Waals surface area (Å²) in [6.07, 6.45) is 3.04. The number of hydrogen-bond acceptors (Lipinski definition) is 8. The van der Waals surface area contributed by atoms with Crippen LogP contribution < -0.4 is 15.5 Å². The van der Waals surface area contributed by atoms with Crippen LogP contribution in [0.1, 0.15) is 0 Å². The number of fused-ring (bicyclic) bond motifs is 1. The molecule has 3 aromatic carbocycles. The third-order valence-corrected chi connectivity index (χ3v) is 6.85. The molecule has 0 saturated carbocycles. The highest BCUT2D eigenvalue weighted by molar-refractivity contribution is 6.00. The van der Waals surface area contributed by atoms with E-state index in [-0.39, 0.29) is 17.9 Å². The summed E-state index contributed by atoms with van der Waals surface area (Å²) in [4.78, 5) is 37.5. The maximum Gasteiger partial charge on any atom is 0.324 e. The van der Waals surface area contributed by atoms with E-state index in [0.717, 1.165) is 46.5 Å². The van der Waals surface area contributed by atoms with Crippen LogP contribution in [0.4, 0.5) is 23.0 Å². The Kier molecular flexibility index (Phi) is 7.51. The summed E-state index contributed by atoms with van der Waals surface area (Å²) in [5.74, 6) is -0.00785. The number of ether oxygens (including phenoxy) is 1. The number of esters is 1. The monoisotopic (exact) mass is 522 g/mol. The summed E-state index contributed by atoms with van der Waals surface area (Å²) in [5.41, 5.74) is 5.22. The molecule has 0 radical (unpaired) electrons. The van der Waals surface area contributed by atoms with Crippen molar-refractivity contribution in [1.29, 1.82) is 0 Å². The molecule has 0 bridgehead atoms. The molecule has 1 aliphatic rings. The van der Waals surface area contributed by atoms with Gasteiger partial charge in [-0.05, 0) is 55.1 Å². The van der Waals surface area contributed by atoms with Gasteiger partial charge in [0.2, 0.25) is 11.9 Å². The molecule has 4 aromatic rings. The second-order valence-electron chi connectivity index (χ2n) is 9.35. The molecule has 9 nitrogen and oxygen atoms in total. The van der Waals surface area contributed by atoms with Crippen LogP contribution in [-0.2, 0) is 14.3 Å². The second-order valence-corrected chi connectivity index (χ2v) is 9.35. The van der Waals surface area contributed by atoms with Crippen molar-refractivity contribution in [1.82, 2.24) is 14.9 Å². The van der Waals surface area contributed by atoms with Gasteiger partial charge in [-0.2, -0.15) is 0 Å². The van der Waals surface area contributed by atoms with E-state index in [2.05, 4.69) is 27.1 Å². The number of para-hydroxylation sites is 1. The van der Waals surface area contributed by atoms with Gasteiger partial charge in [-0.3, -0.25) is 14.5 Å². The van der Waals surface area contributed by atoms with E-state index in [1.54, 1.807) is 6.20 Å². The van der Waals surface area contributed by atoms with E-state index in [4.69, 9.17) is 9.72 Å². The molecule has 1 amide bonds. The number of rotatable bonds is 7. The average molecular weight is 523 g/mol. The summed E-state index contributed by atoms with van der Waals surface area (Å²) in [6, 6.07) is 21.3. The Balaban J connectivity index is 1.36. The standard InChI is InChI=1S/C30H30N6O3/c1-4-27(37)32-23-9-5-7-20(17-23)25-10-6-8-21-18-31-30(34-28(21)25)33-22-11-13-24(14-12-22)36-16-15-35(2)26(19-36)29(38)39-3/h4-14,17-18,26H,1,15-16,19H2,2-3H3,(H,32,37)(H,31,33,34). The summed E-state index contributed by atoms with van der Waals surface area (Å²) >= 11 is 0. The fraction of sp³-hybridized carbons (Fsp3) is 0.200. The van der Waals surface area contributed by atoms with Gasteiger partial charge < -0.3 is 20.3 Å². The number of benzene rings is 3. The van der Waals surface area contributed by atoms with Gasteiger partial charge in [-0.25, -0.2) is 9.97 Å². The molecular formula is C30H30N6O3. The first kappa shape index (κ1) is 25.9. The van der Waals surface area contributed by atoms with Gasteiger partial charge in [-0.15, -0.1) is 0 Å². The Morgan fingerprint density at radius 2 is 1.85 bits per heavy atom. The van der Waals surface area contributed by atoms with Crippen LogP contribution in [0.5, 0.6) is 0 Å². The lowest BCUT2D eigenvalue weighted by Gasteiger charge is -2.39. The van der Waals surface area contributed by atoms with Crippen LogP contribution in [0.15, 0.2) is 85.6 Å². The molecular weight excluding hydrogens is 492 g/mol. The smallest absolute Gasteiger partial charge is 0.324 e. The van der Waals surface area contributed by atoms with Crippen LogP contribution in [-0.4, -0.2) is 66.6 Å². The van der Waals surface area contributed by atoms with Crippen molar-refractivity contribution in [2.45, 2.75) is 6.04 Å². The minimum Gasteiger partial charge on any atom is -0.468 e. The van der Waals surface area contributed by atoms with Crippen molar-refractivity contribution >= 4 is 45.8 Å². The third-order valence-electron chi connectivity index (χ3n) is 6.85. The van der Waals surface area contributed by atoms with Gasteiger partial charge in [0, 0.05) is 53.8 Å². The highest BCUT2D eigenvalue weighted by Gasteiger charge is 2.30. The number of methoxy groups -OCH3 is 1. The molecule has 198 valence electrons. The van der Waals surface area contributed by atoms with Crippen molar-refractivity contribution in [3.05, 3.63) is 85.6 Å². The van der Waals surface area contributed by atoms with Crippen molar-refractivity contribution in [3.63, 3.8) is 0 Å². The van der Waals surface area contributed by atoms with Crippen molar-refractivity contribution in [2.75, 3.05) is 49.3 Å². The van der Waals surface area contributed by atoms with E-state index in [1.807, 2.05) is 78.7 Å². The fourth-order valence-electron chi connectivity index (χ4n) is 4.69. The number of aromatic nitrogens is 2. The number of amides is 1. The quantitative estimate of drug-likeness (QED) is 0.271. The number of piperazine rings is 1. The molecule has 9 heteroatoms. The molecule has 1 aromatic heterocycles. The molecule has 0 spiro atoms. The SMILES string of the molecule is C=CC(=O)Nc1cccc(-c2cccc3cnc(Nc4ccc(N5CCN(C)C(C(=O)OC)C5)cc4)nc23)c1. The summed E-state index contributed by atoms with van der Waals surface area (Å²) < 4.78 is 4.97.